The van der Waals surface area contributed by atoms with Gasteiger partial charge in [0.15, 0.2) is 12.0 Å². The van der Waals surface area contributed by atoms with Gasteiger partial charge in [-0.3, -0.25) is 5.01 Å². The molecule has 4 rings (SSSR count). The van der Waals surface area contributed by atoms with Gasteiger partial charge >= 0.3 is 0 Å². The molecule has 1 fully saturated rings. The normalized spacial score (nSPS) is 20.8. The molecule has 0 saturated carbocycles. The van der Waals surface area contributed by atoms with Crippen molar-refractivity contribution in [3.63, 3.8) is 0 Å². The average Bonchev–Trinajstić information content (AvgIpc) is 3.14. The van der Waals surface area contributed by atoms with Crippen molar-refractivity contribution in [3.8, 4) is 0 Å². The highest BCUT2D eigenvalue weighted by molar-refractivity contribution is 7.89. The van der Waals surface area contributed by atoms with E-state index >= 15 is 0 Å². The number of nitrogens with two attached hydrogens (primary N) is 1. The Kier molecular flexibility index (Phi) is 5.63. The maximum absolute atomic E-state index is 11.6. The molecule has 2 heterocycles. The SMILES string of the molecule is CCC1OC(c2ccc(S(N)(=O)=O)cc2)=C(c2ccccc2)N1N1CCCCC1. The fourth-order valence-corrected chi connectivity index (χ4v) is 4.54. The molecule has 2 aliphatic heterocycles. The molecule has 0 aromatic heterocycles. The van der Waals surface area contributed by atoms with Gasteiger partial charge in [0, 0.05) is 30.6 Å². The van der Waals surface area contributed by atoms with Crippen LogP contribution in [0.4, 0.5) is 0 Å². The predicted molar refractivity (Wildman–Crippen MR) is 113 cm³/mol. The van der Waals surface area contributed by atoms with Crippen LogP contribution in [0.5, 0.6) is 0 Å². The number of piperidine rings is 1. The van der Waals surface area contributed by atoms with Crippen LogP contribution in [0.15, 0.2) is 59.5 Å². The Balaban J connectivity index is 1.82. The van der Waals surface area contributed by atoms with Crippen LogP contribution in [0.1, 0.15) is 43.7 Å². The zero-order valence-electron chi connectivity index (χ0n) is 16.6. The molecule has 154 valence electrons. The van der Waals surface area contributed by atoms with Gasteiger partial charge in [0.25, 0.3) is 0 Å². The highest BCUT2D eigenvalue weighted by Crippen LogP contribution is 2.41. The number of nitrogens with zero attached hydrogens (tertiary/aromatic N) is 2. The summed E-state index contributed by atoms with van der Waals surface area (Å²) in [5.74, 6) is 0.773. The topological polar surface area (TPSA) is 75.9 Å². The third-order valence-electron chi connectivity index (χ3n) is 5.45. The number of sulfonamides is 1. The molecule has 7 heteroatoms. The quantitative estimate of drug-likeness (QED) is 0.810. The summed E-state index contributed by atoms with van der Waals surface area (Å²) in [6.07, 6.45) is 4.36. The second-order valence-corrected chi connectivity index (χ2v) is 9.01. The molecule has 2 aliphatic rings. The van der Waals surface area contributed by atoms with Crippen LogP contribution >= 0.6 is 0 Å². The van der Waals surface area contributed by atoms with Gasteiger partial charge in [-0.25, -0.2) is 18.6 Å². The average molecular weight is 414 g/mol. The minimum Gasteiger partial charge on any atom is -0.466 e. The Bertz CT molecular complexity index is 982. The van der Waals surface area contributed by atoms with E-state index in [0.717, 1.165) is 42.1 Å². The van der Waals surface area contributed by atoms with Crippen molar-refractivity contribution in [1.82, 2.24) is 10.0 Å². The molecule has 2 aromatic carbocycles. The number of ether oxygens (including phenoxy) is 1. The van der Waals surface area contributed by atoms with Crippen LogP contribution in [-0.4, -0.2) is 37.8 Å². The predicted octanol–water partition coefficient (Wildman–Crippen LogP) is 3.63. The van der Waals surface area contributed by atoms with Crippen molar-refractivity contribution in [2.75, 3.05) is 13.1 Å². The van der Waals surface area contributed by atoms with E-state index in [9.17, 15) is 8.42 Å². The summed E-state index contributed by atoms with van der Waals surface area (Å²) < 4.78 is 29.7. The third-order valence-corrected chi connectivity index (χ3v) is 6.38. The minimum atomic E-state index is -3.73. The number of hydrogen-bond donors (Lipinski definition) is 1. The van der Waals surface area contributed by atoms with Crippen molar-refractivity contribution in [2.24, 2.45) is 5.14 Å². The first kappa shape index (κ1) is 19.9. The Morgan fingerprint density at radius 2 is 1.62 bits per heavy atom. The number of hydrogen-bond acceptors (Lipinski definition) is 5. The Hall–Kier alpha value is -2.35. The number of primary sulfonamides is 1. The van der Waals surface area contributed by atoms with E-state index in [1.165, 1.54) is 31.4 Å². The van der Waals surface area contributed by atoms with E-state index in [1.54, 1.807) is 12.1 Å². The second kappa shape index (κ2) is 8.18. The largest absolute Gasteiger partial charge is 0.466 e. The smallest absolute Gasteiger partial charge is 0.238 e. The molecule has 1 saturated heterocycles. The van der Waals surface area contributed by atoms with Crippen LogP contribution in [0, 0.1) is 0 Å². The van der Waals surface area contributed by atoms with E-state index in [0.29, 0.717) is 0 Å². The van der Waals surface area contributed by atoms with E-state index in [4.69, 9.17) is 9.88 Å². The van der Waals surface area contributed by atoms with Gasteiger partial charge in [0.1, 0.15) is 5.70 Å². The van der Waals surface area contributed by atoms with Crippen LogP contribution in [-0.2, 0) is 14.8 Å². The monoisotopic (exact) mass is 413 g/mol. The zero-order chi connectivity index (χ0) is 20.4. The molecule has 2 N–H and O–H groups in total. The summed E-state index contributed by atoms with van der Waals surface area (Å²) in [6.45, 7) is 4.14. The van der Waals surface area contributed by atoms with E-state index in [2.05, 4.69) is 29.1 Å². The van der Waals surface area contributed by atoms with E-state index < -0.39 is 10.0 Å². The van der Waals surface area contributed by atoms with Gasteiger partial charge in [-0.1, -0.05) is 43.7 Å². The summed E-state index contributed by atoms with van der Waals surface area (Å²) in [5.41, 5.74) is 2.96. The summed E-state index contributed by atoms with van der Waals surface area (Å²) in [7, 11) is -3.73. The van der Waals surface area contributed by atoms with Crippen molar-refractivity contribution in [1.29, 1.82) is 0 Å². The molecule has 0 radical (unpaired) electrons. The Labute approximate surface area is 172 Å². The van der Waals surface area contributed by atoms with Crippen LogP contribution in [0.25, 0.3) is 11.5 Å². The molecule has 1 atom stereocenters. The first-order valence-electron chi connectivity index (χ1n) is 10.1. The second-order valence-electron chi connectivity index (χ2n) is 7.45. The molecule has 6 nitrogen and oxygen atoms in total. The van der Waals surface area contributed by atoms with Crippen molar-refractivity contribution in [3.05, 3.63) is 65.7 Å². The van der Waals surface area contributed by atoms with Gasteiger partial charge in [-0.2, -0.15) is 0 Å². The third kappa shape index (κ3) is 4.03. The van der Waals surface area contributed by atoms with Crippen LogP contribution < -0.4 is 5.14 Å². The van der Waals surface area contributed by atoms with Crippen molar-refractivity contribution in [2.45, 2.75) is 43.7 Å². The van der Waals surface area contributed by atoms with Crippen LogP contribution in [0.3, 0.4) is 0 Å². The maximum atomic E-state index is 11.6. The fraction of sp³-hybridized carbons (Fsp3) is 0.364. The van der Waals surface area contributed by atoms with E-state index in [1.807, 2.05) is 18.2 Å². The lowest BCUT2D eigenvalue weighted by Gasteiger charge is -2.39. The van der Waals surface area contributed by atoms with Gasteiger partial charge < -0.3 is 4.74 Å². The Morgan fingerprint density at radius 1 is 0.966 bits per heavy atom. The molecule has 29 heavy (non-hydrogen) atoms. The number of benzene rings is 2. The van der Waals surface area contributed by atoms with Crippen molar-refractivity contribution >= 4 is 21.5 Å². The lowest BCUT2D eigenvalue weighted by molar-refractivity contribution is -0.0830. The molecule has 1 unspecified atom stereocenters. The summed E-state index contributed by atoms with van der Waals surface area (Å²) in [4.78, 5) is 0.0982. The van der Waals surface area contributed by atoms with Gasteiger partial charge in [-0.05, 0) is 37.1 Å². The summed E-state index contributed by atoms with van der Waals surface area (Å²) in [5, 5.41) is 9.95. The standard InChI is InChI=1S/C22H27N3O3S/c1-2-20-25(24-15-7-4-8-16-24)21(17-9-5-3-6-10-17)22(28-20)18-11-13-19(14-12-18)29(23,26)27/h3,5-6,9-14,20H,2,4,7-8,15-16H2,1H3,(H2,23,26,27). The summed E-state index contributed by atoms with van der Waals surface area (Å²) >= 11 is 0. The number of rotatable bonds is 5. The highest BCUT2D eigenvalue weighted by atomic mass is 32.2. The molecule has 0 amide bonds. The molecule has 0 spiro atoms. The molecular formula is C22H27N3O3S. The van der Waals surface area contributed by atoms with E-state index in [-0.39, 0.29) is 11.1 Å². The van der Waals surface area contributed by atoms with Gasteiger partial charge in [-0.15, -0.1) is 0 Å². The van der Waals surface area contributed by atoms with Crippen molar-refractivity contribution < 1.29 is 13.2 Å². The molecule has 0 aliphatic carbocycles. The highest BCUT2D eigenvalue weighted by Gasteiger charge is 2.38. The van der Waals surface area contributed by atoms with Gasteiger partial charge in [0.05, 0.1) is 4.90 Å². The maximum Gasteiger partial charge on any atom is 0.238 e. The van der Waals surface area contributed by atoms with Gasteiger partial charge in [0.2, 0.25) is 10.0 Å². The molecular weight excluding hydrogens is 386 g/mol. The fourth-order valence-electron chi connectivity index (χ4n) is 4.02. The zero-order valence-corrected chi connectivity index (χ0v) is 17.4. The Morgan fingerprint density at radius 3 is 2.21 bits per heavy atom. The summed E-state index contributed by atoms with van der Waals surface area (Å²) in [6, 6.07) is 16.8. The lowest BCUT2D eigenvalue weighted by atomic mass is 10.1. The van der Waals surface area contributed by atoms with Crippen LogP contribution in [0.2, 0.25) is 0 Å². The first-order chi connectivity index (χ1) is 14.0. The minimum absolute atomic E-state index is 0.0868. The number of hydrazine groups is 1. The lowest BCUT2D eigenvalue weighted by Crippen LogP contribution is -2.47. The molecule has 0 bridgehead atoms. The first-order valence-corrected chi connectivity index (χ1v) is 11.7. The molecule has 2 aromatic rings.